The van der Waals surface area contributed by atoms with Crippen LogP contribution in [0, 0.1) is 5.82 Å². The maximum absolute atomic E-state index is 12.9. The molecular formula is C19H17FN2O3S2. The van der Waals surface area contributed by atoms with Crippen LogP contribution in [-0.4, -0.2) is 21.7 Å². The van der Waals surface area contributed by atoms with Crippen LogP contribution in [-0.2, 0) is 29.0 Å². The molecule has 1 aromatic carbocycles. The Morgan fingerprint density at radius 3 is 2.93 bits per heavy atom. The maximum atomic E-state index is 12.9. The summed E-state index contributed by atoms with van der Waals surface area (Å²) in [6.07, 6.45) is 3.25. The molecule has 0 fully saturated rings. The van der Waals surface area contributed by atoms with Crippen LogP contribution in [0.15, 0.2) is 34.0 Å². The number of halogens is 1. The van der Waals surface area contributed by atoms with Crippen molar-refractivity contribution in [1.29, 1.82) is 0 Å². The zero-order chi connectivity index (χ0) is 18.8. The minimum atomic E-state index is -0.360. The third-order valence-electron chi connectivity index (χ3n) is 4.38. The number of H-pyrrole nitrogens is 1. The molecule has 1 aliphatic rings. The van der Waals surface area contributed by atoms with Crippen molar-refractivity contribution in [2.24, 2.45) is 0 Å². The number of thiophene rings is 1. The number of aromatic amines is 1. The third kappa shape index (κ3) is 4.06. The van der Waals surface area contributed by atoms with E-state index in [4.69, 9.17) is 4.74 Å². The van der Waals surface area contributed by atoms with E-state index >= 15 is 0 Å². The fourth-order valence-corrected chi connectivity index (χ4v) is 5.23. The molecule has 0 spiro atoms. The van der Waals surface area contributed by atoms with Crippen LogP contribution in [0.25, 0.3) is 10.2 Å². The molecule has 0 saturated carbocycles. The molecule has 0 aliphatic heterocycles. The normalized spacial score (nSPS) is 13.1. The summed E-state index contributed by atoms with van der Waals surface area (Å²) in [6.45, 7) is -0.0478. The second kappa shape index (κ2) is 7.82. The van der Waals surface area contributed by atoms with Gasteiger partial charge in [0.2, 0.25) is 0 Å². The molecule has 0 radical (unpaired) electrons. The molecule has 0 bridgehead atoms. The minimum Gasteiger partial charge on any atom is -0.457 e. The lowest BCUT2D eigenvalue weighted by Gasteiger charge is -2.05. The van der Waals surface area contributed by atoms with Gasteiger partial charge < -0.3 is 9.72 Å². The number of ether oxygens (including phenoxy) is 1. The second-order valence-corrected chi connectivity index (χ2v) is 8.52. The van der Waals surface area contributed by atoms with Crippen molar-refractivity contribution >= 4 is 39.3 Å². The Kier molecular flexibility index (Phi) is 5.27. The highest BCUT2D eigenvalue weighted by Gasteiger charge is 2.21. The number of esters is 1. The maximum Gasteiger partial charge on any atom is 0.307 e. The fraction of sp³-hybridized carbons (Fsp3) is 0.316. The number of hydrogen-bond donors (Lipinski definition) is 1. The van der Waals surface area contributed by atoms with Gasteiger partial charge in [0.05, 0.1) is 11.8 Å². The fourth-order valence-electron chi connectivity index (χ4n) is 3.12. The van der Waals surface area contributed by atoms with E-state index < -0.39 is 0 Å². The zero-order valence-electron chi connectivity index (χ0n) is 14.4. The zero-order valence-corrected chi connectivity index (χ0v) is 16.1. The van der Waals surface area contributed by atoms with Crippen molar-refractivity contribution in [2.75, 3.05) is 5.75 Å². The van der Waals surface area contributed by atoms with Gasteiger partial charge in [-0.05, 0) is 49.1 Å². The van der Waals surface area contributed by atoms with Crippen LogP contribution in [0.3, 0.4) is 0 Å². The first-order valence-corrected chi connectivity index (χ1v) is 10.5. The number of nitrogens with one attached hydrogen (secondary N) is 1. The van der Waals surface area contributed by atoms with Crippen LogP contribution >= 0.6 is 23.1 Å². The molecule has 27 heavy (non-hydrogen) atoms. The lowest BCUT2D eigenvalue weighted by molar-refractivity contribution is -0.144. The number of fused-ring (bicyclic) bond motifs is 3. The predicted octanol–water partition coefficient (Wildman–Crippen LogP) is 3.84. The van der Waals surface area contributed by atoms with Crippen molar-refractivity contribution in [3.05, 3.63) is 56.7 Å². The Bertz CT molecular complexity index is 1040. The minimum absolute atomic E-state index is 0.0478. The van der Waals surface area contributed by atoms with Gasteiger partial charge in [0.15, 0.2) is 0 Å². The molecule has 4 rings (SSSR count). The summed E-state index contributed by atoms with van der Waals surface area (Å²) in [5.41, 5.74) is 0.974. The summed E-state index contributed by atoms with van der Waals surface area (Å²) < 4.78 is 18.1. The van der Waals surface area contributed by atoms with Gasteiger partial charge in [-0.15, -0.1) is 23.1 Å². The van der Waals surface area contributed by atoms with Crippen LogP contribution < -0.4 is 5.56 Å². The molecule has 1 aliphatic carbocycles. The van der Waals surface area contributed by atoms with E-state index in [1.807, 2.05) is 0 Å². The standard InChI is InChI=1S/C19H17FN2O3S2/c20-11-4-6-12(7-5-11)26-9-8-16(23)25-10-15-21-18(24)17-13-2-1-3-14(13)27-19(17)22-15/h4-7H,1-3,8-10H2,(H,21,22,24). The Morgan fingerprint density at radius 2 is 2.11 bits per heavy atom. The molecule has 0 amide bonds. The molecule has 0 saturated heterocycles. The average molecular weight is 404 g/mol. The van der Waals surface area contributed by atoms with Crippen molar-refractivity contribution in [3.8, 4) is 0 Å². The van der Waals surface area contributed by atoms with E-state index in [9.17, 15) is 14.0 Å². The average Bonchev–Trinajstić information content (AvgIpc) is 3.22. The lowest BCUT2D eigenvalue weighted by atomic mass is 10.2. The van der Waals surface area contributed by atoms with Gasteiger partial charge in [0, 0.05) is 15.5 Å². The monoisotopic (exact) mass is 404 g/mol. The van der Waals surface area contributed by atoms with E-state index in [1.54, 1.807) is 23.5 Å². The highest BCUT2D eigenvalue weighted by atomic mass is 32.2. The van der Waals surface area contributed by atoms with E-state index in [1.165, 1.54) is 28.8 Å². The van der Waals surface area contributed by atoms with E-state index in [0.29, 0.717) is 17.0 Å². The summed E-state index contributed by atoms with van der Waals surface area (Å²) in [4.78, 5) is 34.3. The number of carbonyl (C=O) groups is 1. The number of aryl methyl sites for hydroxylation is 2. The molecule has 0 atom stereocenters. The molecule has 2 heterocycles. The Labute approximate surface area is 163 Å². The van der Waals surface area contributed by atoms with E-state index in [2.05, 4.69) is 9.97 Å². The summed E-state index contributed by atoms with van der Waals surface area (Å²) in [6, 6.07) is 6.12. The third-order valence-corrected chi connectivity index (χ3v) is 6.58. The molecule has 140 valence electrons. The van der Waals surface area contributed by atoms with Crippen LogP contribution in [0.1, 0.15) is 29.1 Å². The predicted molar refractivity (Wildman–Crippen MR) is 104 cm³/mol. The SMILES string of the molecule is O=C(CCSc1ccc(F)cc1)OCc1nc2sc3c(c2c(=O)[nH]1)CCC3. The summed E-state index contributed by atoms with van der Waals surface area (Å²) >= 11 is 3.02. The summed E-state index contributed by atoms with van der Waals surface area (Å²) in [5, 5.41) is 0.693. The smallest absolute Gasteiger partial charge is 0.307 e. The van der Waals surface area contributed by atoms with Gasteiger partial charge in [0.1, 0.15) is 23.1 Å². The molecule has 0 unspecified atom stereocenters. The molecule has 8 heteroatoms. The Balaban J connectivity index is 1.32. The van der Waals surface area contributed by atoms with Gasteiger partial charge in [0.25, 0.3) is 5.56 Å². The first-order chi connectivity index (χ1) is 13.1. The largest absolute Gasteiger partial charge is 0.457 e. The number of aromatic nitrogens is 2. The lowest BCUT2D eigenvalue weighted by Crippen LogP contribution is -2.14. The first kappa shape index (κ1) is 18.2. The molecular weight excluding hydrogens is 387 g/mol. The molecule has 2 aromatic heterocycles. The number of thioether (sulfide) groups is 1. The topological polar surface area (TPSA) is 72.0 Å². The quantitative estimate of drug-likeness (QED) is 0.499. The van der Waals surface area contributed by atoms with Gasteiger partial charge in [-0.1, -0.05) is 0 Å². The number of rotatable bonds is 6. The Hall–Kier alpha value is -2.19. The molecule has 3 aromatic rings. The number of nitrogens with zero attached hydrogens (tertiary/aromatic N) is 1. The van der Waals surface area contributed by atoms with Crippen molar-refractivity contribution in [3.63, 3.8) is 0 Å². The molecule has 5 nitrogen and oxygen atoms in total. The van der Waals surface area contributed by atoms with Gasteiger partial charge in [-0.25, -0.2) is 9.37 Å². The van der Waals surface area contributed by atoms with Crippen LogP contribution in [0.5, 0.6) is 0 Å². The summed E-state index contributed by atoms with van der Waals surface area (Å²) in [5.74, 6) is 0.256. The Morgan fingerprint density at radius 1 is 1.30 bits per heavy atom. The van der Waals surface area contributed by atoms with Gasteiger partial charge in [-0.2, -0.15) is 0 Å². The van der Waals surface area contributed by atoms with Crippen molar-refractivity contribution < 1.29 is 13.9 Å². The highest BCUT2D eigenvalue weighted by molar-refractivity contribution is 7.99. The van der Waals surface area contributed by atoms with Crippen molar-refractivity contribution in [1.82, 2.24) is 9.97 Å². The number of benzene rings is 1. The highest BCUT2D eigenvalue weighted by Crippen LogP contribution is 2.34. The van der Waals surface area contributed by atoms with E-state index in [0.717, 1.165) is 34.6 Å². The first-order valence-electron chi connectivity index (χ1n) is 8.67. The van der Waals surface area contributed by atoms with Gasteiger partial charge >= 0.3 is 5.97 Å². The number of hydrogen-bond acceptors (Lipinski definition) is 6. The van der Waals surface area contributed by atoms with Crippen LogP contribution in [0.4, 0.5) is 4.39 Å². The van der Waals surface area contributed by atoms with Crippen molar-refractivity contribution in [2.45, 2.75) is 37.2 Å². The van der Waals surface area contributed by atoms with Gasteiger partial charge in [-0.3, -0.25) is 9.59 Å². The van der Waals surface area contributed by atoms with E-state index in [-0.39, 0.29) is 30.4 Å². The second-order valence-electron chi connectivity index (χ2n) is 6.26. The number of carbonyl (C=O) groups excluding carboxylic acids is 1. The summed E-state index contributed by atoms with van der Waals surface area (Å²) in [7, 11) is 0. The van der Waals surface area contributed by atoms with Crippen LogP contribution in [0.2, 0.25) is 0 Å². The molecule has 1 N–H and O–H groups in total.